The largest absolute Gasteiger partial charge is 0.308 e. The molecule has 8 heteroatoms. The number of benzene rings is 2. The molecule has 148 valence electrons. The van der Waals surface area contributed by atoms with Crippen LogP contribution in [0.25, 0.3) is 10.2 Å². The average molecular weight is 437 g/mol. The zero-order chi connectivity index (χ0) is 19.9. The third-order valence-electron chi connectivity index (χ3n) is 5.15. The van der Waals surface area contributed by atoms with Crippen LogP contribution in [0.15, 0.2) is 52.2 Å². The van der Waals surface area contributed by atoms with Crippen molar-refractivity contribution in [3.8, 4) is 0 Å². The lowest BCUT2D eigenvalue weighted by molar-refractivity contribution is 0.281. The van der Waals surface area contributed by atoms with Crippen molar-refractivity contribution in [2.24, 2.45) is 5.92 Å². The number of halogens is 1. The predicted molar refractivity (Wildman–Crippen MR) is 114 cm³/mol. The number of sulfonamides is 1. The SMILES string of the molecule is C[C@@H]1CCCN(S(=O)(=O)c2ccc3c(c2)sc(=O)n3Cc2ccc(Cl)cc2)C1. The second kappa shape index (κ2) is 7.63. The van der Waals surface area contributed by atoms with E-state index in [1.807, 2.05) is 12.1 Å². The Balaban J connectivity index is 1.69. The molecule has 0 saturated carbocycles. The highest BCUT2D eigenvalue weighted by Crippen LogP contribution is 2.27. The van der Waals surface area contributed by atoms with E-state index >= 15 is 0 Å². The summed E-state index contributed by atoms with van der Waals surface area (Å²) < 4.78 is 30.0. The van der Waals surface area contributed by atoms with Gasteiger partial charge in [-0.3, -0.25) is 9.36 Å². The Bertz CT molecular complexity index is 1170. The van der Waals surface area contributed by atoms with Crippen molar-refractivity contribution in [3.05, 3.63) is 62.7 Å². The Hall–Kier alpha value is -1.67. The zero-order valence-corrected chi connectivity index (χ0v) is 17.9. The van der Waals surface area contributed by atoms with Crippen molar-refractivity contribution in [3.63, 3.8) is 0 Å². The quantitative estimate of drug-likeness (QED) is 0.616. The van der Waals surface area contributed by atoms with E-state index in [0.717, 1.165) is 35.3 Å². The maximum atomic E-state index is 13.0. The van der Waals surface area contributed by atoms with E-state index in [0.29, 0.717) is 35.3 Å². The summed E-state index contributed by atoms with van der Waals surface area (Å²) in [6, 6.07) is 12.3. The predicted octanol–water partition coefficient (Wildman–Crippen LogP) is 4.19. The number of fused-ring (bicyclic) bond motifs is 1. The van der Waals surface area contributed by atoms with E-state index in [4.69, 9.17) is 11.6 Å². The molecule has 2 aromatic carbocycles. The lowest BCUT2D eigenvalue weighted by atomic mass is 10.0. The van der Waals surface area contributed by atoms with Gasteiger partial charge in [-0.15, -0.1) is 0 Å². The van der Waals surface area contributed by atoms with E-state index in [-0.39, 0.29) is 9.77 Å². The number of aromatic nitrogens is 1. The third-order valence-corrected chi connectivity index (χ3v) is 8.21. The topological polar surface area (TPSA) is 59.4 Å². The molecular formula is C20H21ClN2O3S2. The molecule has 1 saturated heterocycles. The van der Waals surface area contributed by atoms with Crippen LogP contribution in [0, 0.1) is 5.92 Å². The monoisotopic (exact) mass is 436 g/mol. The van der Waals surface area contributed by atoms with E-state index in [9.17, 15) is 13.2 Å². The van der Waals surface area contributed by atoms with E-state index in [1.165, 1.54) is 0 Å². The first kappa shape index (κ1) is 19.6. The summed E-state index contributed by atoms with van der Waals surface area (Å²) in [6.45, 7) is 3.60. The summed E-state index contributed by atoms with van der Waals surface area (Å²) in [5.41, 5.74) is 1.71. The molecule has 0 amide bonds. The van der Waals surface area contributed by atoms with Gasteiger partial charge >= 0.3 is 4.87 Å². The Morgan fingerprint density at radius 1 is 1.18 bits per heavy atom. The molecule has 2 heterocycles. The number of thiazole rings is 1. The Morgan fingerprint density at radius 3 is 2.64 bits per heavy atom. The summed E-state index contributed by atoms with van der Waals surface area (Å²) in [4.78, 5) is 12.7. The van der Waals surface area contributed by atoms with E-state index in [2.05, 4.69) is 6.92 Å². The van der Waals surface area contributed by atoms with Gasteiger partial charge in [0.25, 0.3) is 0 Å². The Morgan fingerprint density at radius 2 is 1.93 bits per heavy atom. The molecule has 0 N–H and O–H groups in total. The van der Waals surface area contributed by atoms with Crippen molar-refractivity contribution in [2.75, 3.05) is 13.1 Å². The van der Waals surface area contributed by atoms with Gasteiger partial charge in [0.2, 0.25) is 10.0 Å². The molecule has 1 atom stereocenters. The maximum Gasteiger partial charge on any atom is 0.308 e. The van der Waals surface area contributed by atoms with E-state index in [1.54, 1.807) is 39.2 Å². The summed E-state index contributed by atoms with van der Waals surface area (Å²) >= 11 is 7.00. The smallest absolute Gasteiger partial charge is 0.294 e. The van der Waals surface area contributed by atoms with Crippen molar-refractivity contribution in [1.29, 1.82) is 0 Å². The molecule has 0 bridgehead atoms. The average Bonchev–Trinajstić information content (AvgIpc) is 2.98. The van der Waals surface area contributed by atoms with Crippen LogP contribution in [0.5, 0.6) is 0 Å². The molecule has 1 aromatic heterocycles. The molecular weight excluding hydrogens is 416 g/mol. The van der Waals surface area contributed by atoms with Crippen LogP contribution in [0.2, 0.25) is 5.02 Å². The molecule has 1 aliphatic rings. The van der Waals surface area contributed by atoms with Crippen molar-refractivity contribution in [1.82, 2.24) is 8.87 Å². The van der Waals surface area contributed by atoms with Crippen LogP contribution >= 0.6 is 22.9 Å². The van der Waals surface area contributed by atoms with Gasteiger partial charge in [-0.25, -0.2) is 8.42 Å². The van der Waals surface area contributed by atoms with Gasteiger partial charge in [0, 0.05) is 18.1 Å². The summed E-state index contributed by atoms with van der Waals surface area (Å²) in [5, 5.41) is 0.646. The summed E-state index contributed by atoms with van der Waals surface area (Å²) in [5.74, 6) is 0.365. The van der Waals surface area contributed by atoms with Crippen LogP contribution in [0.3, 0.4) is 0 Å². The highest BCUT2D eigenvalue weighted by molar-refractivity contribution is 7.89. The van der Waals surface area contributed by atoms with Crippen molar-refractivity contribution < 1.29 is 8.42 Å². The fourth-order valence-corrected chi connectivity index (χ4v) is 6.40. The molecule has 1 aliphatic heterocycles. The normalized spacial score (nSPS) is 18.6. The lowest BCUT2D eigenvalue weighted by Crippen LogP contribution is -2.39. The number of hydrogen-bond acceptors (Lipinski definition) is 4. The Kier molecular flexibility index (Phi) is 5.35. The molecule has 28 heavy (non-hydrogen) atoms. The van der Waals surface area contributed by atoms with Crippen LogP contribution in [-0.2, 0) is 16.6 Å². The fraction of sp³-hybridized carbons (Fsp3) is 0.350. The summed E-state index contributed by atoms with van der Waals surface area (Å²) in [6.07, 6.45) is 1.94. The molecule has 0 spiro atoms. The minimum atomic E-state index is -3.54. The van der Waals surface area contributed by atoms with Gasteiger partial charge < -0.3 is 0 Å². The van der Waals surface area contributed by atoms with Crippen molar-refractivity contribution >= 4 is 43.2 Å². The number of rotatable bonds is 4. The molecule has 0 unspecified atom stereocenters. The molecule has 0 radical (unpaired) electrons. The van der Waals surface area contributed by atoms with Gasteiger partial charge in [-0.05, 0) is 54.7 Å². The van der Waals surface area contributed by atoms with Crippen molar-refractivity contribution in [2.45, 2.75) is 31.2 Å². The highest BCUT2D eigenvalue weighted by atomic mass is 35.5. The first-order valence-corrected chi connectivity index (χ1v) is 11.9. The van der Waals surface area contributed by atoms with Gasteiger partial charge in [-0.2, -0.15) is 4.31 Å². The second-order valence-corrected chi connectivity index (χ2v) is 10.7. The summed E-state index contributed by atoms with van der Waals surface area (Å²) in [7, 11) is -3.54. The molecule has 1 fully saturated rings. The first-order chi connectivity index (χ1) is 13.3. The van der Waals surface area contributed by atoms with Crippen LogP contribution in [0.4, 0.5) is 0 Å². The molecule has 3 aromatic rings. The molecule has 0 aliphatic carbocycles. The second-order valence-electron chi connectivity index (χ2n) is 7.32. The van der Waals surface area contributed by atoms with Crippen LogP contribution in [-0.4, -0.2) is 30.4 Å². The Labute approximate surface area is 173 Å². The standard InChI is InChI=1S/C20H21ClN2O3S2/c1-14-3-2-10-22(12-14)28(25,26)17-8-9-18-19(11-17)27-20(24)23(18)13-15-4-6-16(21)7-5-15/h4-9,11,14H,2-3,10,12-13H2,1H3/t14-/m1/s1. The van der Waals surface area contributed by atoms with Gasteiger partial charge in [-0.1, -0.05) is 42.0 Å². The molecule has 5 nitrogen and oxygen atoms in total. The number of nitrogens with zero attached hydrogens (tertiary/aromatic N) is 2. The number of piperidine rings is 1. The fourth-order valence-electron chi connectivity index (χ4n) is 3.64. The van der Waals surface area contributed by atoms with Crippen LogP contribution < -0.4 is 4.87 Å². The highest BCUT2D eigenvalue weighted by Gasteiger charge is 2.29. The minimum Gasteiger partial charge on any atom is -0.294 e. The van der Waals surface area contributed by atoms with Gasteiger partial charge in [0.15, 0.2) is 0 Å². The minimum absolute atomic E-state index is 0.105. The van der Waals surface area contributed by atoms with Gasteiger partial charge in [0.1, 0.15) is 0 Å². The number of hydrogen-bond donors (Lipinski definition) is 0. The third kappa shape index (κ3) is 3.76. The van der Waals surface area contributed by atoms with Gasteiger partial charge in [0.05, 0.1) is 21.7 Å². The van der Waals surface area contributed by atoms with Crippen LogP contribution in [0.1, 0.15) is 25.3 Å². The lowest BCUT2D eigenvalue weighted by Gasteiger charge is -2.30. The van der Waals surface area contributed by atoms with E-state index < -0.39 is 10.0 Å². The first-order valence-electron chi connectivity index (χ1n) is 9.22. The molecule has 4 rings (SSSR count). The zero-order valence-electron chi connectivity index (χ0n) is 15.5. The maximum absolute atomic E-state index is 13.0.